The van der Waals surface area contributed by atoms with Crippen LogP contribution in [0.1, 0.15) is 95.5 Å². The third-order valence-corrected chi connectivity index (χ3v) is 13.1. The van der Waals surface area contributed by atoms with Crippen LogP contribution in [0.5, 0.6) is 0 Å². The van der Waals surface area contributed by atoms with E-state index in [2.05, 4.69) is 60.3 Å². The summed E-state index contributed by atoms with van der Waals surface area (Å²) in [6, 6.07) is 8.05. The van der Waals surface area contributed by atoms with Crippen molar-refractivity contribution in [3.05, 3.63) is 58.2 Å². The van der Waals surface area contributed by atoms with Crippen LogP contribution in [0, 0.1) is 11.3 Å². The second-order valence-corrected chi connectivity index (χ2v) is 17.8. The summed E-state index contributed by atoms with van der Waals surface area (Å²) < 4.78 is 14.2. The molecule has 6 bridgehead atoms. The predicted molar refractivity (Wildman–Crippen MR) is 224 cm³/mol. The average molecular weight is 812 g/mol. The number of benzene rings is 1. The molecule has 2 N–H and O–H groups in total. The number of cyclic esters (lactones) is 1. The van der Waals surface area contributed by atoms with E-state index in [1.165, 1.54) is 28.2 Å². The molecule has 2 fully saturated rings. The summed E-state index contributed by atoms with van der Waals surface area (Å²) in [6.07, 6.45) is 7.04. The molecule has 3 amide bonds. The number of rotatable bonds is 8. The first-order valence-electron chi connectivity index (χ1n) is 20.7. The summed E-state index contributed by atoms with van der Waals surface area (Å²) in [4.78, 5) is 66.4. The molecular weight excluding hydrogens is 755 g/mol. The van der Waals surface area contributed by atoms with Gasteiger partial charge in [-0.25, -0.2) is 10.4 Å². The number of hydrogen-bond acceptors (Lipinski definition) is 10. The number of carbonyl (C=O) groups excluding carboxylic acids is 4. The average Bonchev–Trinajstić information content (AvgIpc) is 3.99. The van der Waals surface area contributed by atoms with Crippen LogP contribution in [0.15, 0.2) is 41.9 Å². The van der Waals surface area contributed by atoms with Crippen molar-refractivity contribution in [2.24, 2.45) is 11.3 Å². The van der Waals surface area contributed by atoms with Crippen LogP contribution in [-0.4, -0.2) is 93.6 Å². The number of methoxy groups -OCH3 is 1. The van der Waals surface area contributed by atoms with Crippen molar-refractivity contribution in [2.75, 3.05) is 27.3 Å². The number of pyridine rings is 1. The van der Waals surface area contributed by atoms with Crippen molar-refractivity contribution in [2.45, 2.75) is 117 Å². The number of hydrogen-bond donors (Lipinski definition) is 2. The molecule has 58 heavy (non-hydrogen) atoms. The van der Waals surface area contributed by atoms with E-state index < -0.39 is 29.5 Å². The SMILES string of the molecule is CCn1c(-c2cccnc2[C@H](C)OC)c2c3cc(ccc31)-c1csc(n1)C[C@H](NC(=O)[C@H](C1CCCC1)N(C)C(C)=O)C(=O)N1CCC[C@H](N1)C(=O)OCC(C)(C)C2. The van der Waals surface area contributed by atoms with Gasteiger partial charge in [-0.1, -0.05) is 32.8 Å². The fraction of sp³-hybridized carbons (Fsp3) is 0.545. The Kier molecular flexibility index (Phi) is 12.4. The van der Waals surface area contributed by atoms with Gasteiger partial charge in [-0.05, 0) is 81.7 Å². The number of thiazole rings is 1. The summed E-state index contributed by atoms with van der Waals surface area (Å²) in [5.74, 6) is -1.35. The molecular formula is C44H57N7O6S. The summed E-state index contributed by atoms with van der Waals surface area (Å²) in [5, 5.41) is 8.27. The van der Waals surface area contributed by atoms with Crippen molar-refractivity contribution >= 4 is 45.9 Å². The van der Waals surface area contributed by atoms with Crippen LogP contribution < -0.4 is 10.7 Å². The van der Waals surface area contributed by atoms with Crippen molar-refractivity contribution in [1.29, 1.82) is 0 Å². The number of carbonyl (C=O) groups is 4. The summed E-state index contributed by atoms with van der Waals surface area (Å²) >= 11 is 1.44. The molecule has 1 saturated carbocycles. The lowest BCUT2D eigenvalue weighted by atomic mass is 9.84. The number of aromatic nitrogens is 3. The summed E-state index contributed by atoms with van der Waals surface area (Å²) in [5.41, 5.74) is 9.46. The molecule has 4 aromatic rings. The zero-order chi connectivity index (χ0) is 41.3. The van der Waals surface area contributed by atoms with Crippen molar-refractivity contribution in [3.63, 3.8) is 0 Å². The highest BCUT2D eigenvalue weighted by molar-refractivity contribution is 7.10. The molecule has 3 aromatic heterocycles. The predicted octanol–water partition coefficient (Wildman–Crippen LogP) is 6.24. The Labute approximate surface area is 344 Å². The maximum Gasteiger partial charge on any atom is 0.324 e. The van der Waals surface area contributed by atoms with E-state index >= 15 is 0 Å². The monoisotopic (exact) mass is 811 g/mol. The second-order valence-electron chi connectivity index (χ2n) is 16.9. The molecule has 13 nitrogen and oxygen atoms in total. The molecule has 0 spiro atoms. The Balaban J connectivity index is 1.33. The number of amides is 3. The number of ether oxygens (including phenoxy) is 2. The van der Waals surface area contributed by atoms with Crippen molar-refractivity contribution < 1.29 is 28.7 Å². The van der Waals surface area contributed by atoms with Gasteiger partial charge in [-0.2, -0.15) is 0 Å². The lowest BCUT2D eigenvalue weighted by Crippen LogP contribution is -2.62. The lowest BCUT2D eigenvalue weighted by molar-refractivity contribution is -0.155. The quantitative estimate of drug-likeness (QED) is 0.198. The number of nitrogens with zero attached hydrogens (tertiary/aromatic N) is 5. The van der Waals surface area contributed by atoms with Gasteiger partial charge in [0.05, 0.1) is 34.8 Å². The molecule has 0 unspecified atom stereocenters. The van der Waals surface area contributed by atoms with Gasteiger partial charge < -0.3 is 24.3 Å². The van der Waals surface area contributed by atoms with Crippen LogP contribution in [-0.2, 0) is 48.0 Å². The van der Waals surface area contributed by atoms with Crippen LogP contribution in [0.3, 0.4) is 0 Å². The third kappa shape index (κ3) is 8.42. The first-order valence-corrected chi connectivity index (χ1v) is 21.5. The minimum atomic E-state index is -0.991. The van der Waals surface area contributed by atoms with E-state index in [0.29, 0.717) is 37.4 Å². The molecule has 4 atom stereocenters. The third-order valence-electron chi connectivity index (χ3n) is 12.2. The topological polar surface area (TPSA) is 148 Å². The molecule has 3 aliphatic rings. The smallest absolute Gasteiger partial charge is 0.324 e. The number of esters is 1. The van der Waals surface area contributed by atoms with Gasteiger partial charge in [0.1, 0.15) is 18.1 Å². The molecule has 1 aliphatic carbocycles. The van der Waals surface area contributed by atoms with E-state index in [-0.39, 0.29) is 42.8 Å². The Morgan fingerprint density at radius 3 is 2.66 bits per heavy atom. The lowest BCUT2D eigenvalue weighted by Gasteiger charge is -2.36. The zero-order valence-corrected chi connectivity index (χ0v) is 35.6. The van der Waals surface area contributed by atoms with Crippen LogP contribution >= 0.6 is 11.3 Å². The van der Waals surface area contributed by atoms with E-state index in [0.717, 1.165) is 70.4 Å². The Bertz CT molecular complexity index is 2170. The molecule has 0 radical (unpaired) electrons. The van der Waals surface area contributed by atoms with Gasteiger partial charge >= 0.3 is 5.97 Å². The molecule has 7 rings (SSSR count). The van der Waals surface area contributed by atoms with E-state index in [4.69, 9.17) is 19.4 Å². The molecule has 14 heteroatoms. The first kappa shape index (κ1) is 41.5. The largest absolute Gasteiger partial charge is 0.464 e. The van der Waals surface area contributed by atoms with Gasteiger partial charge in [-0.15, -0.1) is 11.3 Å². The normalized spacial score (nSPS) is 21.3. The van der Waals surface area contributed by atoms with E-state index in [1.807, 2.05) is 18.4 Å². The van der Waals surface area contributed by atoms with Gasteiger partial charge in [0.15, 0.2) is 0 Å². The van der Waals surface area contributed by atoms with Gasteiger partial charge in [-0.3, -0.25) is 29.2 Å². The second kappa shape index (κ2) is 17.3. The zero-order valence-electron chi connectivity index (χ0n) is 34.8. The molecule has 1 saturated heterocycles. The van der Waals surface area contributed by atoms with Crippen LogP contribution in [0.2, 0.25) is 0 Å². The standard InChI is InChI=1S/C44H57N7O6S/c1-8-50-36-18-17-29-21-31(36)32(40(50)30-15-11-19-45-38(30)26(2)56-7)23-44(4,5)25-57-43(55)33-16-12-20-51(48-33)42(54)34(22-37-46-35(29)24-58-37)47-41(53)39(49(6)27(3)52)28-13-9-10-14-28/h11,15,17-19,21,24,26,28,33-34,39,48H,8-10,12-14,16,20,22-23,25H2,1-7H3,(H,47,53)/t26-,33-,34-,39-/m0/s1. The number of aryl methyl sites for hydroxylation is 1. The van der Waals surface area contributed by atoms with Crippen molar-refractivity contribution in [1.82, 2.24) is 35.2 Å². The van der Waals surface area contributed by atoms with Gasteiger partial charge in [0.25, 0.3) is 5.91 Å². The summed E-state index contributed by atoms with van der Waals surface area (Å²) in [7, 11) is 3.35. The molecule has 310 valence electrons. The maximum atomic E-state index is 14.4. The number of nitrogens with one attached hydrogen (secondary N) is 2. The first-order chi connectivity index (χ1) is 27.8. The highest BCUT2D eigenvalue weighted by atomic mass is 32.1. The minimum Gasteiger partial charge on any atom is -0.464 e. The summed E-state index contributed by atoms with van der Waals surface area (Å²) in [6.45, 7) is 11.1. The fourth-order valence-electron chi connectivity index (χ4n) is 9.00. The Morgan fingerprint density at radius 2 is 1.93 bits per heavy atom. The minimum absolute atomic E-state index is 0.00205. The number of likely N-dealkylation sites (N-methyl/N-ethyl adjacent to an activating group) is 1. The van der Waals surface area contributed by atoms with E-state index in [1.54, 1.807) is 20.4 Å². The number of fused-ring (bicyclic) bond motifs is 6. The maximum absolute atomic E-state index is 14.4. The van der Waals surface area contributed by atoms with Crippen LogP contribution in [0.25, 0.3) is 33.4 Å². The highest BCUT2D eigenvalue weighted by Crippen LogP contribution is 2.42. The Morgan fingerprint density at radius 1 is 1.16 bits per heavy atom. The van der Waals surface area contributed by atoms with Crippen molar-refractivity contribution in [3.8, 4) is 22.5 Å². The highest BCUT2D eigenvalue weighted by Gasteiger charge is 2.40. The van der Waals surface area contributed by atoms with Gasteiger partial charge in [0.2, 0.25) is 11.8 Å². The number of hydrazine groups is 1. The fourth-order valence-corrected chi connectivity index (χ4v) is 9.85. The molecule has 1 aromatic carbocycles. The van der Waals surface area contributed by atoms with E-state index in [9.17, 15) is 19.2 Å². The van der Waals surface area contributed by atoms with Gasteiger partial charge in [0, 0.05) is 79.6 Å². The molecule has 5 heterocycles. The molecule has 2 aliphatic heterocycles. The van der Waals surface area contributed by atoms with Crippen LogP contribution in [0.4, 0.5) is 0 Å². The Hall–Kier alpha value is -4.66.